The van der Waals surface area contributed by atoms with Gasteiger partial charge in [0.15, 0.2) is 0 Å². The lowest BCUT2D eigenvalue weighted by molar-refractivity contribution is 0.469. The molecule has 0 aliphatic rings. The molecule has 0 unspecified atom stereocenters. The Labute approximate surface area is 125 Å². The van der Waals surface area contributed by atoms with Gasteiger partial charge in [-0.1, -0.05) is 17.7 Å². The number of aryl methyl sites for hydroxylation is 1. The third-order valence-corrected chi connectivity index (χ3v) is 4.31. The smallest absolute Gasteiger partial charge is 0.240 e. The number of nitrogens with zero attached hydrogens (tertiary/aromatic N) is 2. The van der Waals surface area contributed by atoms with Gasteiger partial charge in [-0.25, -0.2) is 9.97 Å². The third-order valence-electron chi connectivity index (χ3n) is 2.94. The zero-order valence-corrected chi connectivity index (χ0v) is 12.3. The van der Waals surface area contributed by atoms with Crippen molar-refractivity contribution < 1.29 is 4.74 Å². The molecule has 0 bridgehead atoms. The summed E-state index contributed by atoms with van der Waals surface area (Å²) in [6.45, 7) is 2.46. The van der Waals surface area contributed by atoms with Crippen LogP contribution in [-0.4, -0.2) is 9.97 Å². The molecule has 0 saturated heterocycles. The second-order valence-electron chi connectivity index (χ2n) is 4.35. The van der Waals surface area contributed by atoms with E-state index in [1.807, 2.05) is 18.4 Å². The van der Waals surface area contributed by atoms with Gasteiger partial charge in [-0.05, 0) is 35.6 Å². The minimum atomic E-state index is 0.446. The second-order valence-corrected chi connectivity index (χ2v) is 5.63. The quantitative estimate of drug-likeness (QED) is 0.797. The fourth-order valence-electron chi connectivity index (χ4n) is 1.88. The highest BCUT2D eigenvalue weighted by molar-refractivity contribution is 7.17. The number of rotatable bonds is 3. The molecule has 0 aliphatic carbocycles. The number of hydrogen-bond donors (Lipinski definition) is 1. The Morgan fingerprint density at radius 2 is 2.20 bits per heavy atom. The van der Waals surface area contributed by atoms with E-state index in [0.717, 1.165) is 21.3 Å². The lowest BCUT2D eigenvalue weighted by Crippen LogP contribution is -1.96. The van der Waals surface area contributed by atoms with E-state index >= 15 is 0 Å². The van der Waals surface area contributed by atoms with Crippen LogP contribution < -0.4 is 10.5 Å². The van der Waals surface area contributed by atoms with E-state index < -0.39 is 0 Å². The van der Waals surface area contributed by atoms with Crippen LogP contribution in [0.1, 0.15) is 11.1 Å². The van der Waals surface area contributed by atoms with Crippen LogP contribution in [0.4, 0.5) is 0 Å². The number of hydrogen-bond acceptors (Lipinski definition) is 5. The number of halogens is 1. The summed E-state index contributed by atoms with van der Waals surface area (Å²) in [6, 6.07) is 5.49. The molecule has 102 valence electrons. The van der Waals surface area contributed by atoms with E-state index in [4.69, 9.17) is 22.1 Å². The molecular formula is C14H12ClN3OS. The summed E-state index contributed by atoms with van der Waals surface area (Å²) in [5.74, 6) is 1.09. The van der Waals surface area contributed by atoms with Gasteiger partial charge in [0.2, 0.25) is 5.88 Å². The lowest BCUT2D eigenvalue weighted by atomic mass is 10.2. The van der Waals surface area contributed by atoms with Crippen molar-refractivity contribution >= 4 is 33.2 Å². The number of fused-ring (bicyclic) bond motifs is 1. The normalized spacial score (nSPS) is 10.9. The lowest BCUT2D eigenvalue weighted by Gasteiger charge is -2.08. The van der Waals surface area contributed by atoms with Crippen molar-refractivity contribution in [2.45, 2.75) is 13.5 Å². The molecule has 20 heavy (non-hydrogen) atoms. The molecule has 2 N–H and O–H groups in total. The molecule has 1 aromatic carbocycles. The number of thiophene rings is 1. The maximum Gasteiger partial charge on any atom is 0.240 e. The Morgan fingerprint density at radius 3 is 2.95 bits per heavy atom. The average Bonchev–Trinajstić information content (AvgIpc) is 2.84. The maximum absolute atomic E-state index is 6.19. The first-order valence-corrected chi connectivity index (χ1v) is 7.30. The SMILES string of the molecule is Cc1csc2c(Oc3ccc(CN)cc3Cl)ncnc12. The van der Waals surface area contributed by atoms with Crippen LogP contribution in [0.2, 0.25) is 5.02 Å². The van der Waals surface area contributed by atoms with Gasteiger partial charge in [-0.3, -0.25) is 0 Å². The zero-order chi connectivity index (χ0) is 14.1. The van der Waals surface area contributed by atoms with Crippen LogP contribution >= 0.6 is 22.9 Å². The Morgan fingerprint density at radius 1 is 1.35 bits per heavy atom. The summed E-state index contributed by atoms with van der Waals surface area (Å²) in [4.78, 5) is 8.46. The first-order chi connectivity index (χ1) is 9.69. The van der Waals surface area contributed by atoms with Crippen molar-refractivity contribution in [1.29, 1.82) is 0 Å². The Balaban J connectivity index is 2.01. The Hall–Kier alpha value is -1.69. The van der Waals surface area contributed by atoms with Crippen LogP contribution in [0.3, 0.4) is 0 Å². The van der Waals surface area contributed by atoms with Crippen molar-refractivity contribution in [2.75, 3.05) is 0 Å². The van der Waals surface area contributed by atoms with Crippen molar-refractivity contribution in [2.24, 2.45) is 5.73 Å². The monoisotopic (exact) mass is 305 g/mol. The number of ether oxygens (including phenoxy) is 1. The van der Waals surface area contributed by atoms with E-state index in [1.165, 1.54) is 6.33 Å². The Bertz CT molecular complexity index is 772. The largest absolute Gasteiger partial charge is 0.436 e. The van der Waals surface area contributed by atoms with E-state index in [1.54, 1.807) is 23.5 Å². The summed E-state index contributed by atoms with van der Waals surface area (Å²) in [5.41, 5.74) is 8.56. The molecule has 0 aliphatic heterocycles. The van der Waals surface area contributed by atoms with Gasteiger partial charge >= 0.3 is 0 Å². The van der Waals surface area contributed by atoms with E-state index in [9.17, 15) is 0 Å². The van der Waals surface area contributed by atoms with Crippen molar-refractivity contribution in [3.63, 3.8) is 0 Å². The summed E-state index contributed by atoms with van der Waals surface area (Å²) in [5, 5.41) is 2.55. The molecular weight excluding hydrogens is 294 g/mol. The standard InChI is InChI=1S/C14H12ClN3OS/c1-8-6-20-13-12(8)17-7-18-14(13)19-11-3-2-9(5-16)4-10(11)15/h2-4,6-7H,5,16H2,1H3. The molecule has 2 aromatic heterocycles. The topological polar surface area (TPSA) is 61.0 Å². The van der Waals surface area contributed by atoms with Gasteiger partial charge in [0.1, 0.15) is 16.8 Å². The predicted molar refractivity (Wildman–Crippen MR) is 81.6 cm³/mol. The first-order valence-electron chi connectivity index (χ1n) is 6.04. The minimum Gasteiger partial charge on any atom is -0.436 e. The molecule has 3 rings (SSSR count). The van der Waals surface area contributed by atoms with Crippen LogP contribution in [-0.2, 0) is 6.54 Å². The number of aromatic nitrogens is 2. The molecule has 4 nitrogen and oxygen atoms in total. The molecule has 0 spiro atoms. The fourth-order valence-corrected chi connectivity index (χ4v) is 3.05. The number of nitrogens with two attached hydrogens (primary N) is 1. The Kier molecular flexibility index (Phi) is 3.56. The molecule has 0 amide bonds. The van der Waals surface area contributed by atoms with E-state index in [2.05, 4.69) is 9.97 Å². The van der Waals surface area contributed by atoms with Gasteiger partial charge in [-0.2, -0.15) is 0 Å². The van der Waals surface area contributed by atoms with Crippen LogP contribution in [0.25, 0.3) is 10.2 Å². The van der Waals surface area contributed by atoms with Crippen molar-refractivity contribution in [3.8, 4) is 11.6 Å². The molecule has 2 heterocycles. The van der Waals surface area contributed by atoms with Crippen molar-refractivity contribution in [1.82, 2.24) is 9.97 Å². The van der Waals surface area contributed by atoms with Gasteiger partial charge in [0.25, 0.3) is 0 Å². The molecule has 0 atom stereocenters. The highest BCUT2D eigenvalue weighted by atomic mass is 35.5. The summed E-state index contributed by atoms with van der Waals surface area (Å²) in [7, 11) is 0. The molecule has 0 fully saturated rings. The summed E-state index contributed by atoms with van der Waals surface area (Å²) in [6.07, 6.45) is 1.50. The maximum atomic E-state index is 6.19. The van der Waals surface area contributed by atoms with Crippen LogP contribution in [0.15, 0.2) is 29.9 Å². The molecule has 3 aromatic rings. The average molecular weight is 306 g/mol. The van der Waals surface area contributed by atoms with Crippen LogP contribution in [0.5, 0.6) is 11.6 Å². The first kappa shape index (κ1) is 13.3. The molecule has 0 radical (unpaired) electrons. The van der Waals surface area contributed by atoms with Gasteiger partial charge in [0.05, 0.1) is 10.5 Å². The van der Waals surface area contributed by atoms with E-state index in [-0.39, 0.29) is 0 Å². The van der Waals surface area contributed by atoms with Gasteiger partial charge in [0, 0.05) is 6.54 Å². The second kappa shape index (κ2) is 5.36. The molecule has 6 heteroatoms. The highest BCUT2D eigenvalue weighted by Crippen LogP contribution is 2.35. The molecule has 0 saturated carbocycles. The predicted octanol–water partition coefficient (Wildman–Crippen LogP) is 3.90. The highest BCUT2D eigenvalue weighted by Gasteiger charge is 2.12. The van der Waals surface area contributed by atoms with E-state index in [0.29, 0.717) is 23.2 Å². The zero-order valence-electron chi connectivity index (χ0n) is 10.8. The van der Waals surface area contributed by atoms with Gasteiger partial charge < -0.3 is 10.5 Å². The minimum absolute atomic E-state index is 0.446. The van der Waals surface area contributed by atoms with Crippen molar-refractivity contribution in [3.05, 3.63) is 46.1 Å². The number of benzene rings is 1. The fraction of sp³-hybridized carbons (Fsp3) is 0.143. The van der Waals surface area contributed by atoms with Gasteiger partial charge in [-0.15, -0.1) is 11.3 Å². The summed E-state index contributed by atoms with van der Waals surface area (Å²) >= 11 is 7.75. The summed E-state index contributed by atoms with van der Waals surface area (Å²) < 4.78 is 6.74. The van der Waals surface area contributed by atoms with Crippen LogP contribution in [0, 0.1) is 6.92 Å². The third kappa shape index (κ3) is 2.35.